The molecule has 0 aliphatic carbocycles. The fourth-order valence-corrected chi connectivity index (χ4v) is 1.95. The molecule has 0 unspecified atom stereocenters. The quantitative estimate of drug-likeness (QED) is 0.428. The van der Waals surface area contributed by atoms with Crippen LogP contribution < -0.4 is 9.47 Å². The molecule has 0 N–H and O–H groups in total. The van der Waals surface area contributed by atoms with E-state index in [9.17, 15) is 9.59 Å². The summed E-state index contributed by atoms with van der Waals surface area (Å²) in [5.41, 5.74) is 0.783. The standard InChI is InChI=1S/C22H21NO4/c1-4-22(2,3)21(25)27-19-12-10-18(11-13-19)26-20(24)14-9-16-5-7-17(15-23)8-6-16/h5-14H,4H2,1-3H3/b14-9+. The molecule has 0 amide bonds. The molecular formula is C22H21NO4. The highest BCUT2D eigenvalue weighted by Crippen LogP contribution is 2.25. The van der Waals surface area contributed by atoms with Gasteiger partial charge in [-0.1, -0.05) is 19.1 Å². The summed E-state index contributed by atoms with van der Waals surface area (Å²) in [7, 11) is 0. The van der Waals surface area contributed by atoms with Crippen LogP contribution in [0, 0.1) is 16.7 Å². The number of hydrogen-bond donors (Lipinski definition) is 0. The Balaban J connectivity index is 1.93. The average Bonchev–Trinajstić information content (AvgIpc) is 2.68. The van der Waals surface area contributed by atoms with Crippen molar-refractivity contribution in [1.82, 2.24) is 0 Å². The van der Waals surface area contributed by atoms with Gasteiger partial charge in [-0.05, 0) is 68.3 Å². The summed E-state index contributed by atoms with van der Waals surface area (Å²) < 4.78 is 10.5. The number of ether oxygens (including phenoxy) is 2. The van der Waals surface area contributed by atoms with Crippen LogP contribution in [-0.4, -0.2) is 11.9 Å². The van der Waals surface area contributed by atoms with E-state index in [0.29, 0.717) is 23.5 Å². The van der Waals surface area contributed by atoms with Crippen LogP contribution in [0.2, 0.25) is 0 Å². The van der Waals surface area contributed by atoms with E-state index in [4.69, 9.17) is 14.7 Å². The number of benzene rings is 2. The van der Waals surface area contributed by atoms with Gasteiger partial charge in [0.15, 0.2) is 0 Å². The number of esters is 2. The van der Waals surface area contributed by atoms with E-state index >= 15 is 0 Å². The van der Waals surface area contributed by atoms with Crippen molar-refractivity contribution in [2.45, 2.75) is 27.2 Å². The van der Waals surface area contributed by atoms with Gasteiger partial charge in [-0.25, -0.2) is 4.79 Å². The minimum Gasteiger partial charge on any atom is -0.426 e. The molecule has 0 bridgehead atoms. The normalized spacial score (nSPS) is 11.0. The maximum Gasteiger partial charge on any atom is 0.336 e. The summed E-state index contributed by atoms with van der Waals surface area (Å²) in [5, 5.41) is 8.76. The smallest absolute Gasteiger partial charge is 0.336 e. The predicted molar refractivity (Wildman–Crippen MR) is 102 cm³/mol. The van der Waals surface area contributed by atoms with Crippen LogP contribution in [0.3, 0.4) is 0 Å². The molecule has 0 spiro atoms. The molecule has 2 aromatic rings. The summed E-state index contributed by atoms with van der Waals surface area (Å²) in [6.45, 7) is 5.58. The van der Waals surface area contributed by atoms with Crippen molar-refractivity contribution < 1.29 is 19.1 Å². The second kappa shape index (κ2) is 8.81. The molecule has 0 aliphatic heterocycles. The molecule has 0 aromatic heterocycles. The molecule has 0 aliphatic rings. The van der Waals surface area contributed by atoms with Crippen LogP contribution in [-0.2, 0) is 9.59 Å². The summed E-state index contributed by atoms with van der Waals surface area (Å²) >= 11 is 0. The number of nitriles is 1. The fourth-order valence-electron chi connectivity index (χ4n) is 1.95. The molecule has 0 fully saturated rings. The van der Waals surface area contributed by atoms with Crippen molar-refractivity contribution in [3.8, 4) is 17.6 Å². The SMILES string of the molecule is CCC(C)(C)C(=O)Oc1ccc(OC(=O)/C=C/c2ccc(C#N)cc2)cc1. The molecule has 0 saturated heterocycles. The Morgan fingerprint density at radius 2 is 1.56 bits per heavy atom. The maximum absolute atomic E-state index is 12.1. The van der Waals surface area contributed by atoms with Crippen molar-refractivity contribution in [2.75, 3.05) is 0 Å². The van der Waals surface area contributed by atoms with Gasteiger partial charge in [0.05, 0.1) is 17.0 Å². The van der Waals surface area contributed by atoms with E-state index in [0.717, 1.165) is 5.56 Å². The largest absolute Gasteiger partial charge is 0.426 e. The second-order valence-corrected chi connectivity index (χ2v) is 6.59. The lowest BCUT2D eigenvalue weighted by Crippen LogP contribution is -2.28. The van der Waals surface area contributed by atoms with E-state index in [2.05, 4.69) is 0 Å². The van der Waals surface area contributed by atoms with Gasteiger partial charge >= 0.3 is 11.9 Å². The zero-order chi connectivity index (χ0) is 19.9. The van der Waals surface area contributed by atoms with Gasteiger partial charge in [-0.15, -0.1) is 0 Å². The monoisotopic (exact) mass is 363 g/mol. The molecule has 2 rings (SSSR count). The molecule has 0 heterocycles. The zero-order valence-electron chi connectivity index (χ0n) is 15.6. The van der Waals surface area contributed by atoms with Gasteiger partial charge in [0.25, 0.3) is 0 Å². The Labute approximate surface area is 158 Å². The van der Waals surface area contributed by atoms with Gasteiger partial charge in [0.2, 0.25) is 0 Å². The van der Waals surface area contributed by atoms with Crippen molar-refractivity contribution in [1.29, 1.82) is 5.26 Å². The van der Waals surface area contributed by atoms with Crippen LogP contribution in [0.4, 0.5) is 0 Å². The molecule has 27 heavy (non-hydrogen) atoms. The highest BCUT2D eigenvalue weighted by molar-refractivity contribution is 5.88. The maximum atomic E-state index is 12.1. The van der Waals surface area contributed by atoms with E-state index in [1.165, 1.54) is 6.08 Å². The number of carbonyl (C=O) groups is 2. The van der Waals surface area contributed by atoms with Gasteiger partial charge in [-0.2, -0.15) is 5.26 Å². The van der Waals surface area contributed by atoms with Crippen molar-refractivity contribution in [3.63, 3.8) is 0 Å². The molecule has 2 aromatic carbocycles. The Hall–Kier alpha value is -3.39. The van der Waals surface area contributed by atoms with Gasteiger partial charge in [0, 0.05) is 6.08 Å². The number of carbonyl (C=O) groups excluding carboxylic acids is 2. The van der Waals surface area contributed by atoms with Gasteiger partial charge < -0.3 is 9.47 Å². The Bertz CT molecular complexity index is 872. The molecular weight excluding hydrogens is 342 g/mol. The molecule has 5 nitrogen and oxygen atoms in total. The Kier molecular flexibility index (Phi) is 6.51. The lowest BCUT2D eigenvalue weighted by Gasteiger charge is -2.20. The van der Waals surface area contributed by atoms with Crippen LogP contribution in [0.1, 0.15) is 38.3 Å². The predicted octanol–water partition coefficient (Wildman–Crippen LogP) is 4.52. The first kappa shape index (κ1) is 19.9. The summed E-state index contributed by atoms with van der Waals surface area (Å²) in [6.07, 6.45) is 3.58. The van der Waals surface area contributed by atoms with Gasteiger partial charge in [0.1, 0.15) is 11.5 Å². The third-order valence-corrected chi connectivity index (χ3v) is 4.14. The van der Waals surface area contributed by atoms with Crippen molar-refractivity contribution in [3.05, 3.63) is 65.7 Å². The molecule has 0 saturated carbocycles. The molecule has 138 valence electrons. The minimum atomic E-state index is -0.554. The topological polar surface area (TPSA) is 76.4 Å². The van der Waals surface area contributed by atoms with E-state index in [1.807, 2.05) is 26.8 Å². The minimum absolute atomic E-state index is 0.305. The van der Waals surface area contributed by atoms with E-state index in [-0.39, 0.29) is 5.97 Å². The first-order valence-electron chi connectivity index (χ1n) is 8.56. The molecule has 5 heteroatoms. The summed E-state index contributed by atoms with van der Waals surface area (Å²) in [4.78, 5) is 23.9. The van der Waals surface area contributed by atoms with Gasteiger partial charge in [-0.3, -0.25) is 4.79 Å². The van der Waals surface area contributed by atoms with Crippen LogP contribution >= 0.6 is 0 Å². The number of nitrogens with zero attached hydrogens (tertiary/aromatic N) is 1. The fraction of sp³-hybridized carbons (Fsp3) is 0.227. The Morgan fingerprint density at radius 3 is 2.07 bits per heavy atom. The third kappa shape index (κ3) is 5.82. The van der Waals surface area contributed by atoms with Crippen LogP contribution in [0.5, 0.6) is 11.5 Å². The highest BCUT2D eigenvalue weighted by Gasteiger charge is 2.27. The lowest BCUT2D eigenvalue weighted by molar-refractivity contribution is -0.144. The summed E-state index contributed by atoms with van der Waals surface area (Å²) in [6, 6.07) is 15.1. The third-order valence-electron chi connectivity index (χ3n) is 4.14. The van der Waals surface area contributed by atoms with Crippen molar-refractivity contribution in [2.24, 2.45) is 5.41 Å². The first-order chi connectivity index (χ1) is 12.8. The van der Waals surface area contributed by atoms with E-state index < -0.39 is 11.4 Å². The highest BCUT2D eigenvalue weighted by atomic mass is 16.5. The molecule has 0 radical (unpaired) electrons. The summed E-state index contributed by atoms with van der Waals surface area (Å²) in [5.74, 6) is -0.0928. The average molecular weight is 363 g/mol. The van der Waals surface area contributed by atoms with E-state index in [1.54, 1.807) is 54.6 Å². The van der Waals surface area contributed by atoms with Crippen LogP contribution in [0.15, 0.2) is 54.6 Å². The molecule has 0 atom stereocenters. The number of rotatable bonds is 6. The van der Waals surface area contributed by atoms with Crippen LogP contribution in [0.25, 0.3) is 6.08 Å². The first-order valence-corrected chi connectivity index (χ1v) is 8.56. The Morgan fingerprint density at radius 1 is 1.00 bits per heavy atom. The zero-order valence-corrected chi connectivity index (χ0v) is 15.6. The second-order valence-electron chi connectivity index (χ2n) is 6.59. The lowest BCUT2D eigenvalue weighted by atomic mass is 9.91. The van der Waals surface area contributed by atoms with Crippen molar-refractivity contribution >= 4 is 18.0 Å². The number of hydrogen-bond acceptors (Lipinski definition) is 5.